The Morgan fingerprint density at radius 2 is 1.76 bits per heavy atom. The van der Waals surface area contributed by atoms with Crippen molar-refractivity contribution >= 4 is 16.3 Å². The molecule has 3 heteroatoms. The van der Waals surface area contributed by atoms with Crippen molar-refractivity contribution in [1.82, 2.24) is 0 Å². The molecule has 3 rings (SSSR count). The Morgan fingerprint density at radius 1 is 1.03 bits per heavy atom. The van der Waals surface area contributed by atoms with E-state index in [4.69, 9.17) is 9.47 Å². The van der Waals surface area contributed by atoms with E-state index in [9.17, 15) is 0 Å². The minimum atomic E-state index is 0.158. The molecule has 0 N–H and O–H groups in total. The van der Waals surface area contributed by atoms with Crippen molar-refractivity contribution < 1.29 is 14.0 Å². The maximum absolute atomic E-state index is 6.08. The topological polar surface area (TPSA) is 22.3 Å². The molecule has 3 aromatic rings. The van der Waals surface area contributed by atoms with Crippen LogP contribution < -0.4 is 4.57 Å². The Balaban J connectivity index is 2.04. The molecule has 0 saturated carbocycles. The summed E-state index contributed by atoms with van der Waals surface area (Å²) in [4.78, 5) is 0. The number of fused-ring (bicyclic) bond motifs is 1. The molecule has 0 bridgehead atoms. The van der Waals surface area contributed by atoms with Gasteiger partial charge in [0.2, 0.25) is 5.69 Å². The van der Waals surface area contributed by atoms with Crippen LogP contribution >= 0.6 is 0 Å². The molecule has 1 aromatic heterocycles. The van der Waals surface area contributed by atoms with Crippen LogP contribution in [0.15, 0.2) is 48.7 Å². The molecule has 0 aliphatic rings. The maximum Gasteiger partial charge on any atom is 0.213 e. The largest absolute Gasteiger partial charge is 0.382 e. The average Bonchev–Trinajstić information content (AvgIpc) is 2.77. The molecule has 3 nitrogen and oxygen atoms in total. The molecular formula is C31H42NO2+. The lowest BCUT2D eigenvalue weighted by Crippen LogP contribution is -2.31. The summed E-state index contributed by atoms with van der Waals surface area (Å²) in [5.74, 6) is 0.476. The summed E-state index contributed by atoms with van der Waals surface area (Å²) < 4.78 is 13.7. The number of methoxy groups -OCH3 is 1. The number of hydrogen-bond acceptors (Lipinski definition) is 2. The molecule has 182 valence electrons. The Morgan fingerprint density at radius 3 is 2.44 bits per heavy atom. The number of ether oxygens (including phenoxy) is 2. The monoisotopic (exact) mass is 460 g/mol. The summed E-state index contributed by atoms with van der Waals surface area (Å²) in [5, 5.41) is 2.62. The first kappa shape index (κ1) is 26.1. The molecule has 2 atom stereocenters. The summed E-state index contributed by atoms with van der Waals surface area (Å²) >= 11 is 0. The highest BCUT2D eigenvalue weighted by Crippen LogP contribution is 2.34. The van der Waals surface area contributed by atoms with Crippen LogP contribution in [0.3, 0.4) is 0 Å². The van der Waals surface area contributed by atoms with E-state index in [2.05, 4.69) is 109 Å². The number of pyridine rings is 1. The molecular weight excluding hydrogens is 418 g/mol. The Kier molecular flexibility index (Phi) is 8.67. The molecule has 0 fully saturated rings. The van der Waals surface area contributed by atoms with E-state index in [0.717, 1.165) is 6.42 Å². The van der Waals surface area contributed by atoms with Gasteiger partial charge in [0.05, 0.1) is 24.4 Å². The second-order valence-corrected chi connectivity index (χ2v) is 10.1. The fraction of sp³-hybridized carbons (Fsp3) is 0.452. The van der Waals surface area contributed by atoms with Crippen molar-refractivity contribution in [2.75, 3.05) is 13.7 Å². The second kappa shape index (κ2) is 11.3. The molecule has 0 aliphatic heterocycles. The predicted molar refractivity (Wildman–Crippen MR) is 144 cm³/mol. The van der Waals surface area contributed by atoms with Gasteiger partial charge in [0.25, 0.3) is 0 Å². The van der Waals surface area contributed by atoms with Crippen LogP contribution in [0.4, 0.5) is 0 Å². The van der Waals surface area contributed by atoms with E-state index < -0.39 is 0 Å². The van der Waals surface area contributed by atoms with Gasteiger partial charge in [-0.05, 0) is 92.3 Å². The fourth-order valence-electron chi connectivity index (χ4n) is 4.93. The van der Waals surface area contributed by atoms with Crippen LogP contribution in [-0.2, 0) is 16.5 Å². The van der Waals surface area contributed by atoms with Crippen molar-refractivity contribution in [2.45, 2.75) is 73.0 Å². The van der Waals surface area contributed by atoms with E-state index in [1.165, 1.54) is 49.9 Å². The third-order valence-corrected chi connectivity index (χ3v) is 6.78. The van der Waals surface area contributed by atoms with Gasteiger partial charge in [-0.15, -0.1) is 0 Å². The van der Waals surface area contributed by atoms with Crippen LogP contribution in [0.5, 0.6) is 0 Å². The van der Waals surface area contributed by atoms with Gasteiger partial charge in [-0.1, -0.05) is 38.1 Å². The van der Waals surface area contributed by atoms with Crippen molar-refractivity contribution in [3.05, 3.63) is 70.9 Å². The first-order valence-electron chi connectivity index (χ1n) is 12.5. The van der Waals surface area contributed by atoms with E-state index in [0.29, 0.717) is 12.5 Å². The summed E-state index contributed by atoms with van der Waals surface area (Å²) in [5.41, 5.74) is 9.02. The third-order valence-electron chi connectivity index (χ3n) is 6.78. The minimum absolute atomic E-state index is 0.158. The van der Waals surface area contributed by atoms with Crippen LogP contribution in [0, 0.1) is 13.8 Å². The number of hydrogen-bond donors (Lipinski definition) is 0. The zero-order valence-corrected chi connectivity index (χ0v) is 22.5. The van der Waals surface area contributed by atoms with Crippen molar-refractivity contribution in [3.63, 3.8) is 0 Å². The predicted octanol–water partition coefficient (Wildman–Crippen LogP) is 7.30. The summed E-state index contributed by atoms with van der Waals surface area (Å²) in [6, 6.07) is 13.6. The van der Waals surface area contributed by atoms with Crippen LogP contribution in [0.2, 0.25) is 0 Å². The molecule has 34 heavy (non-hydrogen) atoms. The van der Waals surface area contributed by atoms with Gasteiger partial charge < -0.3 is 9.47 Å². The lowest BCUT2D eigenvalue weighted by molar-refractivity contribution is -0.659. The minimum Gasteiger partial charge on any atom is -0.382 e. The van der Waals surface area contributed by atoms with E-state index in [1.54, 1.807) is 7.11 Å². The Hall–Kier alpha value is -2.49. The lowest BCUT2D eigenvalue weighted by atomic mass is 9.90. The fourth-order valence-corrected chi connectivity index (χ4v) is 4.93. The van der Waals surface area contributed by atoms with E-state index >= 15 is 0 Å². The SMILES string of the molecule is COC(C)CC(C)OC/C=C(\C)c1c(C)cc(C)cc1-c1cc2c(C(C)C)cccc2c[n+]1C. The quantitative estimate of drug-likeness (QED) is 0.312. The third kappa shape index (κ3) is 5.95. The average molecular weight is 461 g/mol. The maximum atomic E-state index is 6.08. The van der Waals surface area contributed by atoms with Gasteiger partial charge >= 0.3 is 0 Å². The molecule has 0 amide bonds. The van der Waals surface area contributed by atoms with Gasteiger partial charge in [-0.2, -0.15) is 0 Å². The van der Waals surface area contributed by atoms with Gasteiger partial charge in [-0.3, -0.25) is 0 Å². The number of allylic oxidation sites excluding steroid dienone is 1. The lowest BCUT2D eigenvalue weighted by Gasteiger charge is -2.17. The molecule has 0 saturated heterocycles. The van der Waals surface area contributed by atoms with Gasteiger partial charge in [0.15, 0.2) is 6.20 Å². The normalized spacial score (nSPS) is 14.1. The van der Waals surface area contributed by atoms with Crippen molar-refractivity contribution in [2.24, 2.45) is 7.05 Å². The molecule has 2 unspecified atom stereocenters. The van der Waals surface area contributed by atoms with Gasteiger partial charge in [0.1, 0.15) is 7.05 Å². The van der Waals surface area contributed by atoms with Crippen LogP contribution in [0.1, 0.15) is 69.2 Å². The van der Waals surface area contributed by atoms with Crippen LogP contribution in [-0.4, -0.2) is 25.9 Å². The first-order chi connectivity index (χ1) is 16.1. The summed E-state index contributed by atoms with van der Waals surface area (Å²) in [6.45, 7) is 15.9. The molecule has 0 radical (unpaired) electrons. The van der Waals surface area contributed by atoms with Gasteiger partial charge in [-0.25, -0.2) is 4.57 Å². The number of rotatable bonds is 9. The highest BCUT2D eigenvalue weighted by atomic mass is 16.5. The van der Waals surface area contributed by atoms with Crippen molar-refractivity contribution in [1.29, 1.82) is 0 Å². The standard InChI is InChI=1S/C31H42NO2/c1-20(2)27-12-10-11-26-19-32(8)30(18-28(26)27)29-16-21(3)15-23(5)31(29)22(4)13-14-34-25(7)17-24(6)33-9/h10-13,15-16,18-20,24-25H,14,17H2,1-9H3/q+1/b22-13+. The number of benzene rings is 2. The molecule has 2 aromatic carbocycles. The molecule has 1 heterocycles. The first-order valence-corrected chi connectivity index (χ1v) is 12.5. The summed E-state index contributed by atoms with van der Waals surface area (Å²) in [7, 11) is 3.90. The van der Waals surface area contributed by atoms with Crippen molar-refractivity contribution in [3.8, 4) is 11.3 Å². The van der Waals surface area contributed by atoms with Gasteiger partial charge in [0, 0.05) is 18.6 Å². The smallest absolute Gasteiger partial charge is 0.213 e. The Labute approximate surface area is 206 Å². The van der Waals surface area contributed by atoms with E-state index in [-0.39, 0.29) is 12.2 Å². The number of aryl methyl sites for hydroxylation is 3. The zero-order chi connectivity index (χ0) is 25.0. The molecule has 0 aliphatic carbocycles. The number of nitrogens with zero attached hydrogens (tertiary/aromatic N) is 1. The van der Waals surface area contributed by atoms with Crippen LogP contribution in [0.25, 0.3) is 27.6 Å². The summed E-state index contributed by atoms with van der Waals surface area (Å²) in [6.07, 6.45) is 5.73. The highest BCUT2D eigenvalue weighted by molar-refractivity contribution is 5.89. The Bertz CT molecular complexity index is 1180. The molecule has 0 spiro atoms. The second-order valence-electron chi connectivity index (χ2n) is 10.1. The van der Waals surface area contributed by atoms with E-state index in [1.807, 2.05) is 0 Å². The number of aromatic nitrogens is 1. The zero-order valence-electron chi connectivity index (χ0n) is 22.5. The highest BCUT2D eigenvalue weighted by Gasteiger charge is 2.20.